The van der Waals surface area contributed by atoms with Crippen molar-refractivity contribution in [3.05, 3.63) is 71.3 Å². The van der Waals surface area contributed by atoms with Crippen molar-refractivity contribution in [2.24, 2.45) is 5.92 Å². The average molecular weight is 575 g/mol. The van der Waals surface area contributed by atoms with Gasteiger partial charge in [0.1, 0.15) is 5.60 Å². The highest BCUT2D eigenvalue weighted by Gasteiger charge is 2.43. The van der Waals surface area contributed by atoms with Crippen LogP contribution in [0.5, 0.6) is 0 Å². The maximum absolute atomic E-state index is 12.7. The first kappa shape index (κ1) is 31.0. The second-order valence-electron chi connectivity index (χ2n) is 14.5. The number of carbonyl (C=O) groups is 1. The summed E-state index contributed by atoms with van der Waals surface area (Å²) in [6.45, 7) is 21.0. The Morgan fingerprint density at radius 3 is 2.17 bits per heavy atom. The van der Waals surface area contributed by atoms with Crippen molar-refractivity contribution in [1.29, 1.82) is 0 Å². The van der Waals surface area contributed by atoms with E-state index in [9.17, 15) is 4.79 Å². The highest BCUT2D eigenvalue weighted by molar-refractivity contribution is 5.68. The summed E-state index contributed by atoms with van der Waals surface area (Å²) in [4.78, 5) is 22.8. The van der Waals surface area contributed by atoms with Crippen LogP contribution in [0, 0.1) is 12.8 Å². The lowest BCUT2D eigenvalue weighted by molar-refractivity contribution is -0.0486. The van der Waals surface area contributed by atoms with E-state index in [1.807, 2.05) is 25.7 Å². The molecule has 42 heavy (non-hydrogen) atoms. The topological polar surface area (TPSA) is 39.3 Å². The number of hydrogen-bond acceptors (Lipinski definition) is 5. The van der Waals surface area contributed by atoms with Gasteiger partial charge >= 0.3 is 6.09 Å². The number of piperidine rings is 2. The molecule has 2 aromatic rings. The molecule has 3 saturated heterocycles. The Balaban J connectivity index is 1.20. The van der Waals surface area contributed by atoms with Gasteiger partial charge in [0, 0.05) is 56.9 Å². The molecular weight excluding hydrogens is 520 g/mol. The van der Waals surface area contributed by atoms with E-state index in [0.29, 0.717) is 18.0 Å². The second-order valence-corrected chi connectivity index (χ2v) is 14.5. The van der Waals surface area contributed by atoms with Crippen LogP contribution in [0.4, 0.5) is 4.79 Å². The number of carbonyl (C=O) groups excluding carboxylic acids is 1. The maximum atomic E-state index is 12.7. The summed E-state index contributed by atoms with van der Waals surface area (Å²) >= 11 is 0. The number of ether oxygens (including phenoxy) is 1. The van der Waals surface area contributed by atoms with Gasteiger partial charge < -0.3 is 9.64 Å². The minimum absolute atomic E-state index is 0.127. The molecule has 2 unspecified atom stereocenters. The Kier molecular flexibility index (Phi) is 9.66. The zero-order valence-corrected chi connectivity index (χ0v) is 27.0. The normalized spacial score (nSPS) is 24.0. The van der Waals surface area contributed by atoms with Gasteiger partial charge in [0.2, 0.25) is 0 Å². The summed E-state index contributed by atoms with van der Waals surface area (Å²) in [6, 6.07) is 21.3. The van der Waals surface area contributed by atoms with Crippen LogP contribution in [-0.2, 0) is 11.3 Å². The first-order valence-electron chi connectivity index (χ1n) is 16.3. The highest BCUT2D eigenvalue weighted by atomic mass is 16.6. The minimum atomic E-state index is -0.448. The maximum Gasteiger partial charge on any atom is 0.410 e. The van der Waals surface area contributed by atoms with Crippen molar-refractivity contribution < 1.29 is 9.53 Å². The van der Waals surface area contributed by atoms with E-state index in [-0.39, 0.29) is 11.6 Å². The summed E-state index contributed by atoms with van der Waals surface area (Å²) < 4.78 is 5.65. The third-order valence-corrected chi connectivity index (χ3v) is 10.0. The molecule has 0 N–H and O–H groups in total. The van der Waals surface area contributed by atoms with Gasteiger partial charge in [0.25, 0.3) is 0 Å². The molecule has 0 spiro atoms. The Morgan fingerprint density at radius 2 is 1.57 bits per heavy atom. The van der Waals surface area contributed by atoms with E-state index in [4.69, 9.17) is 4.74 Å². The number of piperazine rings is 1. The third-order valence-electron chi connectivity index (χ3n) is 10.0. The number of hydrogen-bond donors (Lipinski definition) is 0. The van der Waals surface area contributed by atoms with Crippen LogP contribution < -0.4 is 0 Å². The zero-order chi connectivity index (χ0) is 29.9. The van der Waals surface area contributed by atoms with E-state index in [1.54, 1.807) is 0 Å². The van der Waals surface area contributed by atoms with Gasteiger partial charge in [0.05, 0.1) is 0 Å². The molecule has 6 nitrogen and oxygen atoms in total. The van der Waals surface area contributed by atoms with Gasteiger partial charge in [-0.3, -0.25) is 14.7 Å². The van der Waals surface area contributed by atoms with Crippen LogP contribution in [-0.4, -0.2) is 88.7 Å². The number of aryl methyl sites for hydroxylation is 1. The lowest BCUT2D eigenvalue weighted by Crippen LogP contribution is -2.63. The van der Waals surface area contributed by atoms with Gasteiger partial charge in [-0.1, -0.05) is 60.2 Å². The van der Waals surface area contributed by atoms with Gasteiger partial charge in [-0.25, -0.2) is 4.79 Å². The van der Waals surface area contributed by atoms with Crippen molar-refractivity contribution in [3.8, 4) is 0 Å². The van der Waals surface area contributed by atoms with Crippen LogP contribution in [0.3, 0.4) is 0 Å². The lowest BCUT2D eigenvalue weighted by Gasteiger charge is -2.54. The number of likely N-dealkylation sites (tertiary alicyclic amines) is 2. The van der Waals surface area contributed by atoms with Crippen LogP contribution in [0.15, 0.2) is 54.6 Å². The molecule has 0 bridgehead atoms. The molecule has 3 fully saturated rings. The number of nitrogens with zero attached hydrogens (tertiary/aromatic N) is 4. The molecular formula is C36H54N4O2. The van der Waals surface area contributed by atoms with E-state index in [2.05, 4.69) is 90.1 Å². The Morgan fingerprint density at radius 1 is 0.929 bits per heavy atom. The average Bonchev–Trinajstić information content (AvgIpc) is 2.96. The van der Waals surface area contributed by atoms with Gasteiger partial charge in [-0.2, -0.15) is 0 Å². The predicted octanol–water partition coefficient (Wildman–Crippen LogP) is 6.74. The smallest absolute Gasteiger partial charge is 0.410 e. The molecule has 2 atom stereocenters. The van der Waals surface area contributed by atoms with E-state index >= 15 is 0 Å². The van der Waals surface area contributed by atoms with Crippen molar-refractivity contribution in [2.75, 3.05) is 45.8 Å². The van der Waals surface area contributed by atoms with Crippen molar-refractivity contribution in [3.63, 3.8) is 0 Å². The first-order valence-corrected chi connectivity index (χ1v) is 16.3. The third kappa shape index (κ3) is 7.56. The molecule has 3 heterocycles. The fourth-order valence-electron chi connectivity index (χ4n) is 7.45. The molecule has 5 rings (SSSR count). The summed E-state index contributed by atoms with van der Waals surface area (Å²) in [7, 11) is 0. The second kappa shape index (κ2) is 13.1. The zero-order valence-electron chi connectivity index (χ0n) is 27.0. The summed E-state index contributed by atoms with van der Waals surface area (Å²) in [6.07, 6.45) is 4.33. The van der Waals surface area contributed by atoms with E-state index in [1.165, 1.54) is 42.6 Å². The fourth-order valence-corrected chi connectivity index (χ4v) is 7.45. The Hall–Kier alpha value is -2.41. The molecule has 3 aliphatic heterocycles. The molecule has 3 aliphatic rings. The van der Waals surface area contributed by atoms with Crippen LogP contribution in [0.25, 0.3) is 0 Å². The quantitative estimate of drug-likeness (QED) is 0.382. The van der Waals surface area contributed by atoms with Gasteiger partial charge in [-0.15, -0.1) is 0 Å². The lowest BCUT2D eigenvalue weighted by atomic mass is 9.82. The molecule has 0 radical (unpaired) electrons. The fraction of sp³-hybridized carbons (Fsp3) is 0.639. The monoisotopic (exact) mass is 574 g/mol. The Bertz CT molecular complexity index is 1150. The van der Waals surface area contributed by atoms with Crippen LogP contribution in [0.2, 0.25) is 0 Å². The molecule has 0 saturated carbocycles. The van der Waals surface area contributed by atoms with E-state index < -0.39 is 5.60 Å². The largest absolute Gasteiger partial charge is 0.444 e. The van der Waals surface area contributed by atoms with Gasteiger partial charge in [-0.05, 0) is 97.4 Å². The van der Waals surface area contributed by atoms with Crippen molar-refractivity contribution >= 4 is 6.09 Å². The summed E-state index contributed by atoms with van der Waals surface area (Å²) in [5, 5.41) is 0. The minimum Gasteiger partial charge on any atom is -0.444 e. The standard InChI is InChI=1S/C36H54N4O2/c1-28-12-14-30(15-13-28)27-37-20-16-32(17-21-37)33(31-10-8-7-9-11-31)40-25-24-39(26-29(40)2)36(6)18-22-38(23-19-36)34(41)42-35(3,4)5/h7-15,29,32-33H,16-27H2,1-6H3. The van der Waals surface area contributed by atoms with Crippen LogP contribution in [0.1, 0.15) is 83.0 Å². The van der Waals surface area contributed by atoms with Gasteiger partial charge in [0.15, 0.2) is 0 Å². The SMILES string of the molecule is Cc1ccc(CN2CCC(C(c3ccccc3)N3CCN(C4(C)CCN(C(=O)OC(C)(C)C)CC4)CC3C)CC2)cc1. The number of amides is 1. The first-order chi connectivity index (χ1) is 20.0. The van der Waals surface area contributed by atoms with Crippen LogP contribution >= 0.6 is 0 Å². The highest BCUT2D eigenvalue weighted by Crippen LogP contribution is 2.40. The van der Waals surface area contributed by atoms with E-state index in [0.717, 1.165) is 52.1 Å². The summed E-state index contributed by atoms with van der Waals surface area (Å²) in [5.41, 5.74) is 3.91. The number of benzene rings is 2. The molecule has 2 aromatic carbocycles. The number of rotatable bonds is 6. The molecule has 0 aromatic heterocycles. The predicted molar refractivity (Wildman–Crippen MR) is 172 cm³/mol. The van der Waals surface area contributed by atoms with Crippen molar-refractivity contribution in [2.45, 2.75) is 97.0 Å². The molecule has 230 valence electrons. The molecule has 6 heteroatoms. The summed E-state index contributed by atoms with van der Waals surface area (Å²) in [5.74, 6) is 0.670. The Labute approximate surface area is 255 Å². The van der Waals surface area contributed by atoms with Crippen molar-refractivity contribution in [1.82, 2.24) is 19.6 Å². The molecule has 1 amide bonds. The molecule has 0 aliphatic carbocycles.